The van der Waals surface area contributed by atoms with Crippen LogP contribution < -0.4 is 0 Å². The van der Waals surface area contributed by atoms with E-state index < -0.39 is 0 Å². The second-order valence-electron chi connectivity index (χ2n) is 4.19. The first-order valence-corrected chi connectivity index (χ1v) is 6.11. The fraction of sp³-hybridized carbons (Fsp3) is 0.188. The molecule has 2 heteroatoms. The van der Waals surface area contributed by atoms with Gasteiger partial charge in [-0.2, -0.15) is 0 Å². The van der Waals surface area contributed by atoms with E-state index in [2.05, 4.69) is 0 Å². The average molecular weight is 240 g/mol. The van der Waals surface area contributed by atoms with Crippen molar-refractivity contribution < 1.29 is 9.90 Å². The summed E-state index contributed by atoms with van der Waals surface area (Å²) < 4.78 is 0. The predicted molar refractivity (Wildman–Crippen MR) is 72.5 cm³/mol. The molecule has 0 aliphatic rings. The lowest BCUT2D eigenvalue weighted by molar-refractivity contribution is 0.0971. The summed E-state index contributed by atoms with van der Waals surface area (Å²) in [5.41, 5.74) is 2.96. The van der Waals surface area contributed by atoms with Crippen molar-refractivity contribution in [2.45, 2.75) is 12.8 Å². The SMILES string of the molecule is O=C(CCCO)c1ccc(-c2ccccc2)cc1. The Balaban J connectivity index is 2.13. The molecule has 0 radical (unpaired) electrons. The summed E-state index contributed by atoms with van der Waals surface area (Å²) in [5, 5.41) is 8.70. The summed E-state index contributed by atoms with van der Waals surface area (Å²) in [4.78, 5) is 11.7. The van der Waals surface area contributed by atoms with Gasteiger partial charge in [0.2, 0.25) is 0 Å². The molecule has 0 saturated heterocycles. The largest absolute Gasteiger partial charge is 0.396 e. The zero-order valence-corrected chi connectivity index (χ0v) is 10.2. The highest BCUT2D eigenvalue weighted by Crippen LogP contribution is 2.19. The zero-order valence-electron chi connectivity index (χ0n) is 10.2. The van der Waals surface area contributed by atoms with Crippen molar-refractivity contribution in [2.75, 3.05) is 6.61 Å². The maximum Gasteiger partial charge on any atom is 0.162 e. The van der Waals surface area contributed by atoms with Crippen molar-refractivity contribution in [1.82, 2.24) is 0 Å². The molecule has 2 aromatic carbocycles. The Morgan fingerprint density at radius 3 is 2.11 bits per heavy atom. The molecule has 92 valence electrons. The monoisotopic (exact) mass is 240 g/mol. The lowest BCUT2D eigenvalue weighted by Gasteiger charge is -2.03. The van der Waals surface area contributed by atoms with E-state index in [-0.39, 0.29) is 12.4 Å². The Morgan fingerprint density at radius 2 is 1.50 bits per heavy atom. The summed E-state index contributed by atoms with van der Waals surface area (Å²) in [5.74, 6) is 0.0867. The van der Waals surface area contributed by atoms with Crippen molar-refractivity contribution in [3.63, 3.8) is 0 Å². The predicted octanol–water partition coefficient (Wildman–Crippen LogP) is 3.31. The quantitative estimate of drug-likeness (QED) is 0.814. The third-order valence-electron chi connectivity index (χ3n) is 2.88. The van der Waals surface area contributed by atoms with Gasteiger partial charge in [0, 0.05) is 18.6 Å². The summed E-state index contributed by atoms with van der Waals surface area (Å²) >= 11 is 0. The highest BCUT2D eigenvalue weighted by atomic mass is 16.3. The van der Waals surface area contributed by atoms with Gasteiger partial charge in [-0.3, -0.25) is 4.79 Å². The number of benzene rings is 2. The Bertz CT molecular complexity index is 500. The van der Waals surface area contributed by atoms with Gasteiger partial charge in [-0.15, -0.1) is 0 Å². The van der Waals surface area contributed by atoms with Gasteiger partial charge in [0.25, 0.3) is 0 Å². The molecule has 0 unspecified atom stereocenters. The van der Waals surface area contributed by atoms with Crippen LogP contribution in [0.3, 0.4) is 0 Å². The topological polar surface area (TPSA) is 37.3 Å². The Hall–Kier alpha value is -1.93. The molecule has 18 heavy (non-hydrogen) atoms. The molecule has 2 rings (SSSR count). The number of aliphatic hydroxyl groups excluding tert-OH is 1. The lowest BCUT2D eigenvalue weighted by Crippen LogP contribution is -2.00. The smallest absolute Gasteiger partial charge is 0.162 e. The van der Waals surface area contributed by atoms with Gasteiger partial charge in [0.1, 0.15) is 0 Å². The molecule has 0 heterocycles. The third kappa shape index (κ3) is 3.05. The van der Waals surface area contributed by atoms with Gasteiger partial charge in [0.15, 0.2) is 5.78 Å². The van der Waals surface area contributed by atoms with Gasteiger partial charge in [-0.1, -0.05) is 54.6 Å². The van der Waals surface area contributed by atoms with E-state index in [9.17, 15) is 4.79 Å². The van der Waals surface area contributed by atoms with Crippen LogP contribution in [0.4, 0.5) is 0 Å². The lowest BCUT2D eigenvalue weighted by atomic mass is 10.0. The van der Waals surface area contributed by atoms with Crippen LogP contribution >= 0.6 is 0 Å². The molecule has 0 fully saturated rings. The molecule has 0 saturated carbocycles. The molecular weight excluding hydrogens is 224 g/mol. The number of hydrogen-bond acceptors (Lipinski definition) is 2. The van der Waals surface area contributed by atoms with Crippen molar-refractivity contribution >= 4 is 5.78 Å². The minimum Gasteiger partial charge on any atom is -0.396 e. The van der Waals surface area contributed by atoms with Crippen molar-refractivity contribution in [1.29, 1.82) is 0 Å². The zero-order chi connectivity index (χ0) is 12.8. The fourth-order valence-corrected chi connectivity index (χ4v) is 1.86. The molecule has 2 nitrogen and oxygen atoms in total. The van der Waals surface area contributed by atoms with E-state index in [0.29, 0.717) is 18.4 Å². The van der Waals surface area contributed by atoms with Crippen molar-refractivity contribution in [3.05, 3.63) is 60.2 Å². The van der Waals surface area contributed by atoms with Gasteiger partial charge in [0.05, 0.1) is 0 Å². The first kappa shape index (κ1) is 12.5. The normalized spacial score (nSPS) is 10.3. The highest BCUT2D eigenvalue weighted by molar-refractivity contribution is 5.96. The summed E-state index contributed by atoms with van der Waals surface area (Å²) in [6.07, 6.45) is 0.931. The van der Waals surface area contributed by atoms with Crippen LogP contribution in [0.15, 0.2) is 54.6 Å². The van der Waals surface area contributed by atoms with E-state index >= 15 is 0 Å². The molecule has 0 atom stereocenters. The van der Waals surface area contributed by atoms with E-state index in [1.54, 1.807) is 0 Å². The molecule has 0 bridgehead atoms. The van der Waals surface area contributed by atoms with Crippen molar-refractivity contribution in [2.24, 2.45) is 0 Å². The van der Waals surface area contributed by atoms with Crippen LogP contribution in [0, 0.1) is 0 Å². The van der Waals surface area contributed by atoms with Crippen LogP contribution in [0.5, 0.6) is 0 Å². The summed E-state index contributed by atoms with van der Waals surface area (Å²) in [7, 11) is 0. The van der Waals surface area contributed by atoms with Crippen LogP contribution in [-0.2, 0) is 0 Å². The molecule has 0 amide bonds. The van der Waals surface area contributed by atoms with Crippen LogP contribution in [0.1, 0.15) is 23.2 Å². The second kappa shape index (κ2) is 6.12. The maximum absolute atomic E-state index is 11.7. The van der Waals surface area contributed by atoms with E-state index in [4.69, 9.17) is 5.11 Å². The first-order chi connectivity index (χ1) is 8.81. The number of Topliss-reactive ketones (excluding diaryl/α,β-unsaturated/α-hetero) is 1. The van der Waals surface area contributed by atoms with E-state index in [1.165, 1.54) is 0 Å². The molecule has 0 aliphatic heterocycles. The Morgan fingerprint density at radius 1 is 0.889 bits per heavy atom. The number of carbonyl (C=O) groups excluding carboxylic acids is 1. The third-order valence-corrected chi connectivity index (χ3v) is 2.88. The van der Waals surface area contributed by atoms with Crippen LogP contribution in [0.25, 0.3) is 11.1 Å². The average Bonchev–Trinajstić information content (AvgIpc) is 2.46. The Kier molecular flexibility index (Phi) is 4.26. The summed E-state index contributed by atoms with van der Waals surface area (Å²) in [6, 6.07) is 17.7. The molecule has 0 aromatic heterocycles. The number of aliphatic hydroxyl groups is 1. The van der Waals surface area contributed by atoms with Gasteiger partial charge >= 0.3 is 0 Å². The fourth-order valence-electron chi connectivity index (χ4n) is 1.86. The summed E-state index contributed by atoms with van der Waals surface area (Å²) in [6.45, 7) is 0.0633. The van der Waals surface area contributed by atoms with Crippen LogP contribution in [0.2, 0.25) is 0 Å². The standard InChI is InChI=1S/C16H16O2/c17-12-4-7-16(18)15-10-8-14(9-11-15)13-5-2-1-3-6-13/h1-3,5-6,8-11,17H,4,7,12H2. The van der Waals surface area contributed by atoms with E-state index in [1.807, 2.05) is 54.6 Å². The van der Waals surface area contributed by atoms with Crippen molar-refractivity contribution in [3.8, 4) is 11.1 Å². The van der Waals surface area contributed by atoms with E-state index in [0.717, 1.165) is 11.1 Å². The molecular formula is C16H16O2. The minimum absolute atomic E-state index is 0.0633. The number of rotatable bonds is 5. The highest BCUT2D eigenvalue weighted by Gasteiger charge is 2.05. The molecule has 1 N–H and O–H groups in total. The number of ketones is 1. The van der Waals surface area contributed by atoms with Gasteiger partial charge in [-0.05, 0) is 17.5 Å². The molecule has 0 aliphatic carbocycles. The Labute approximate surface area is 107 Å². The second-order valence-corrected chi connectivity index (χ2v) is 4.19. The molecule has 2 aromatic rings. The number of carbonyl (C=O) groups is 1. The minimum atomic E-state index is 0.0633. The maximum atomic E-state index is 11.7. The molecule has 0 spiro atoms. The van der Waals surface area contributed by atoms with Gasteiger partial charge in [-0.25, -0.2) is 0 Å². The van der Waals surface area contributed by atoms with Crippen LogP contribution in [-0.4, -0.2) is 17.5 Å². The first-order valence-electron chi connectivity index (χ1n) is 6.11. The van der Waals surface area contributed by atoms with Gasteiger partial charge < -0.3 is 5.11 Å². The number of hydrogen-bond donors (Lipinski definition) is 1.